The van der Waals surface area contributed by atoms with Crippen molar-refractivity contribution < 1.29 is 9.59 Å². The Morgan fingerprint density at radius 3 is 2.50 bits per heavy atom. The standard InChI is InChI=1S/C15H19BrN2O2/c1-17(2)14(19)9-18(3)15(20)12-8-11(12)10-6-4-5-7-13(10)16/h4-7,11-12H,8-9H2,1-3H3/t11-,12+/m1/s1. The molecule has 0 bridgehead atoms. The lowest BCUT2D eigenvalue weighted by atomic mass is 10.1. The van der Waals surface area contributed by atoms with Gasteiger partial charge < -0.3 is 9.80 Å². The first-order valence-electron chi connectivity index (χ1n) is 6.61. The molecule has 1 aliphatic rings. The molecule has 1 aromatic carbocycles. The summed E-state index contributed by atoms with van der Waals surface area (Å²) in [5.41, 5.74) is 1.18. The highest BCUT2D eigenvalue weighted by atomic mass is 79.9. The third kappa shape index (κ3) is 3.20. The van der Waals surface area contributed by atoms with Crippen LogP contribution in [-0.4, -0.2) is 49.3 Å². The zero-order valence-electron chi connectivity index (χ0n) is 12.0. The number of benzene rings is 1. The first-order chi connectivity index (χ1) is 9.41. The van der Waals surface area contributed by atoms with Crippen molar-refractivity contribution in [3.05, 3.63) is 34.3 Å². The van der Waals surface area contributed by atoms with Crippen molar-refractivity contribution in [2.24, 2.45) is 5.92 Å². The highest BCUT2D eigenvalue weighted by Crippen LogP contribution is 2.50. The summed E-state index contributed by atoms with van der Waals surface area (Å²) in [7, 11) is 5.09. The van der Waals surface area contributed by atoms with Gasteiger partial charge in [-0.3, -0.25) is 9.59 Å². The number of amides is 2. The van der Waals surface area contributed by atoms with Gasteiger partial charge in [-0.15, -0.1) is 0 Å². The van der Waals surface area contributed by atoms with Gasteiger partial charge in [0.25, 0.3) is 0 Å². The van der Waals surface area contributed by atoms with Gasteiger partial charge in [0.1, 0.15) is 0 Å². The second-order valence-corrected chi connectivity index (χ2v) is 6.31. The minimum Gasteiger partial charge on any atom is -0.347 e. The Morgan fingerprint density at radius 2 is 1.90 bits per heavy atom. The quantitative estimate of drug-likeness (QED) is 0.843. The molecule has 0 unspecified atom stereocenters. The van der Waals surface area contributed by atoms with Crippen molar-refractivity contribution in [1.82, 2.24) is 9.80 Å². The van der Waals surface area contributed by atoms with Crippen molar-refractivity contribution in [1.29, 1.82) is 0 Å². The van der Waals surface area contributed by atoms with Gasteiger partial charge in [0.15, 0.2) is 0 Å². The number of hydrogen-bond donors (Lipinski definition) is 0. The van der Waals surface area contributed by atoms with Crippen LogP contribution in [0.2, 0.25) is 0 Å². The molecule has 1 fully saturated rings. The third-order valence-corrected chi connectivity index (χ3v) is 4.38. The summed E-state index contributed by atoms with van der Waals surface area (Å²) in [6.45, 7) is 0.144. The molecule has 20 heavy (non-hydrogen) atoms. The summed E-state index contributed by atoms with van der Waals surface area (Å²) in [5, 5.41) is 0. The number of halogens is 1. The average molecular weight is 339 g/mol. The molecule has 0 spiro atoms. The summed E-state index contributed by atoms with van der Waals surface area (Å²) in [5.74, 6) is 0.281. The van der Waals surface area contributed by atoms with Crippen molar-refractivity contribution >= 4 is 27.7 Å². The fraction of sp³-hybridized carbons (Fsp3) is 0.467. The Bertz CT molecular complexity index is 530. The van der Waals surface area contributed by atoms with Crippen LogP contribution in [0.4, 0.5) is 0 Å². The van der Waals surface area contributed by atoms with E-state index in [1.54, 1.807) is 21.1 Å². The fourth-order valence-electron chi connectivity index (χ4n) is 2.29. The van der Waals surface area contributed by atoms with Gasteiger partial charge in [0.2, 0.25) is 11.8 Å². The van der Waals surface area contributed by atoms with Crippen LogP contribution in [0.5, 0.6) is 0 Å². The molecule has 1 saturated carbocycles. The number of carbonyl (C=O) groups is 2. The second kappa shape index (κ2) is 5.95. The Morgan fingerprint density at radius 1 is 1.25 bits per heavy atom. The average Bonchev–Trinajstić information content (AvgIpc) is 3.18. The zero-order valence-corrected chi connectivity index (χ0v) is 13.6. The van der Waals surface area contributed by atoms with Crippen LogP contribution in [0.15, 0.2) is 28.7 Å². The largest absolute Gasteiger partial charge is 0.347 e. The van der Waals surface area contributed by atoms with Gasteiger partial charge >= 0.3 is 0 Å². The van der Waals surface area contributed by atoms with Crippen molar-refractivity contribution in [2.75, 3.05) is 27.7 Å². The summed E-state index contributed by atoms with van der Waals surface area (Å²) in [6, 6.07) is 8.00. The lowest BCUT2D eigenvalue weighted by Crippen LogP contribution is -2.38. The van der Waals surface area contributed by atoms with Gasteiger partial charge in [0.05, 0.1) is 6.54 Å². The van der Waals surface area contributed by atoms with Gasteiger partial charge in [-0.1, -0.05) is 34.1 Å². The molecular formula is C15H19BrN2O2. The van der Waals surface area contributed by atoms with Crippen molar-refractivity contribution in [3.8, 4) is 0 Å². The maximum Gasteiger partial charge on any atom is 0.241 e. The maximum atomic E-state index is 12.3. The second-order valence-electron chi connectivity index (χ2n) is 5.45. The number of likely N-dealkylation sites (N-methyl/N-ethyl adjacent to an activating group) is 2. The number of carbonyl (C=O) groups excluding carboxylic acids is 2. The van der Waals surface area contributed by atoms with Crippen LogP contribution in [-0.2, 0) is 9.59 Å². The lowest BCUT2D eigenvalue weighted by Gasteiger charge is -2.19. The van der Waals surface area contributed by atoms with E-state index in [-0.39, 0.29) is 30.2 Å². The molecule has 0 N–H and O–H groups in total. The van der Waals surface area contributed by atoms with Crippen LogP contribution >= 0.6 is 15.9 Å². The molecule has 0 heterocycles. The van der Waals surface area contributed by atoms with E-state index >= 15 is 0 Å². The molecule has 2 amide bonds. The van der Waals surface area contributed by atoms with E-state index in [0.29, 0.717) is 0 Å². The molecule has 2 atom stereocenters. The summed E-state index contributed by atoms with van der Waals surface area (Å²) >= 11 is 3.52. The highest BCUT2D eigenvalue weighted by molar-refractivity contribution is 9.10. The van der Waals surface area contributed by atoms with E-state index < -0.39 is 0 Å². The van der Waals surface area contributed by atoms with Crippen LogP contribution in [0.25, 0.3) is 0 Å². The van der Waals surface area contributed by atoms with E-state index in [1.165, 1.54) is 15.4 Å². The molecule has 5 heteroatoms. The molecule has 0 aromatic heterocycles. The predicted octanol–water partition coefficient (Wildman–Crippen LogP) is 2.10. The Kier molecular flexibility index (Phi) is 4.48. The van der Waals surface area contributed by atoms with Crippen LogP contribution in [0.1, 0.15) is 17.9 Å². The minimum absolute atomic E-state index is 0.00802. The predicted molar refractivity (Wildman–Crippen MR) is 81.3 cm³/mol. The van der Waals surface area contributed by atoms with Crippen molar-refractivity contribution in [3.63, 3.8) is 0 Å². The van der Waals surface area contributed by atoms with Crippen LogP contribution in [0, 0.1) is 5.92 Å². The summed E-state index contributed by atoms with van der Waals surface area (Å²) < 4.78 is 1.05. The van der Waals surface area contributed by atoms with Crippen LogP contribution < -0.4 is 0 Å². The summed E-state index contributed by atoms with van der Waals surface area (Å²) in [6.07, 6.45) is 0.863. The molecule has 1 aromatic rings. The number of hydrogen-bond acceptors (Lipinski definition) is 2. The maximum absolute atomic E-state index is 12.3. The Hall–Kier alpha value is -1.36. The molecule has 108 valence electrons. The fourth-order valence-corrected chi connectivity index (χ4v) is 2.87. The SMILES string of the molecule is CN(C)C(=O)CN(C)C(=O)[C@H]1C[C@@H]1c1ccccc1Br. The number of nitrogens with zero attached hydrogens (tertiary/aromatic N) is 2. The minimum atomic E-state index is -0.0565. The molecule has 2 rings (SSSR count). The first-order valence-corrected chi connectivity index (χ1v) is 7.40. The topological polar surface area (TPSA) is 40.6 Å². The Balaban J connectivity index is 1.96. The summed E-state index contributed by atoms with van der Waals surface area (Å²) in [4.78, 5) is 27.0. The molecular weight excluding hydrogens is 320 g/mol. The Labute approximate surface area is 127 Å². The molecule has 4 nitrogen and oxygen atoms in total. The lowest BCUT2D eigenvalue weighted by molar-refractivity contribution is -0.138. The van der Waals surface area contributed by atoms with E-state index in [4.69, 9.17) is 0 Å². The van der Waals surface area contributed by atoms with E-state index in [0.717, 1.165) is 10.9 Å². The molecule has 1 aliphatic carbocycles. The highest BCUT2D eigenvalue weighted by Gasteiger charge is 2.46. The normalized spacial score (nSPS) is 20.4. The zero-order chi connectivity index (χ0) is 14.9. The van der Waals surface area contributed by atoms with E-state index in [1.807, 2.05) is 24.3 Å². The third-order valence-electron chi connectivity index (χ3n) is 3.66. The van der Waals surface area contributed by atoms with Crippen LogP contribution in [0.3, 0.4) is 0 Å². The van der Waals surface area contributed by atoms with Gasteiger partial charge in [-0.2, -0.15) is 0 Å². The molecule has 0 aliphatic heterocycles. The first kappa shape index (κ1) is 15.0. The number of rotatable bonds is 4. The smallest absolute Gasteiger partial charge is 0.241 e. The molecule has 0 radical (unpaired) electrons. The van der Waals surface area contributed by atoms with Gasteiger partial charge in [-0.05, 0) is 24.0 Å². The van der Waals surface area contributed by atoms with E-state index in [2.05, 4.69) is 15.9 Å². The van der Waals surface area contributed by atoms with E-state index in [9.17, 15) is 9.59 Å². The monoisotopic (exact) mass is 338 g/mol. The van der Waals surface area contributed by atoms with Crippen molar-refractivity contribution in [2.45, 2.75) is 12.3 Å². The van der Waals surface area contributed by atoms with Gasteiger partial charge in [-0.25, -0.2) is 0 Å². The molecule has 0 saturated heterocycles. The van der Waals surface area contributed by atoms with Gasteiger partial charge in [0, 0.05) is 31.5 Å².